The van der Waals surface area contributed by atoms with E-state index in [2.05, 4.69) is 0 Å². The highest BCUT2D eigenvalue weighted by Crippen LogP contribution is 2.35. The molecule has 0 unspecified atom stereocenters. The average Bonchev–Trinajstić information content (AvgIpc) is 2.00. The van der Waals surface area contributed by atoms with Gasteiger partial charge in [0, 0.05) is 0 Å². The number of hydroxylamine groups is 2. The summed E-state index contributed by atoms with van der Waals surface area (Å²) in [6, 6.07) is -1.12. The van der Waals surface area contributed by atoms with Crippen LogP contribution in [0.5, 0.6) is 0 Å². The van der Waals surface area contributed by atoms with Gasteiger partial charge < -0.3 is 26.5 Å². The highest BCUT2D eigenvalue weighted by molar-refractivity contribution is 7.51. The highest BCUT2D eigenvalue weighted by atomic mass is 31.2. The van der Waals surface area contributed by atoms with E-state index in [9.17, 15) is 14.6 Å². The topological polar surface area (TPSA) is 150 Å². The molecule has 90 valence electrons. The molecule has 0 rings (SSSR count). The maximum absolute atomic E-state index is 10.9. The molecule has 0 saturated carbocycles. The Morgan fingerprint density at radius 3 is 2.33 bits per heavy atom. The van der Waals surface area contributed by atoms with E-state index >= 15 is 0 Å². The number of carbonyl (C=O) groups is 1. The fourth-order valence-electron chi connectivity index (χ4n) is 1.04. The van der Waals surface area contributed by atoms with Crippen molar-refractivity contribution in [3.63, 3.8) is 0 Å². The minimum absolute atomic E-state index is 0.155. The van der Waals surface area contributed by atoms with Crippen LogP contribution < -0.4 is 11.5 Å². The van der Waals surface area contributed by atoms with Crippen molar-refractivity contribution >= 4 is 13.5 Å². The van der Waals surface area contributed by atoms with E-state index in [0.29, 0.717) is 13.0 Å². The standard InChI is InChI=1S/C6H16N3O5P/c7-3-1-2-5(6(8)10)9(11)4-15(12,13)14/h5,11H,1-4,7H2,(H2,8,10)(H2,12,13,14)/t5-/m0/s1. The Kier molecular flexibility index (Phi) is 5.96. The molecule has 1 atom stereocenters. The summed E-state index contributed by atoms with van der Waals surface area (Å²) in [6.07, 6.45) is -0.348. The Balaban J connectivity index is 4.35. The molecular weight excluding hydrogens is 225 g/mol. The van der Waals surface area contributed by atoms with Gasteiger partial charge in [-0.1, -0.05) is 0 Å². The molecule has 0 aliphatic rings. The van der Waals surface area contributed by atoms with Crippen molar-refractivity contribution in [2.45, 2.75) is 18.9 Å². The zero-order valence-corrected chi connectivity index (χ0v) is 9.01. The van der Waals surface area contributed by atoms with E-state index < -0.39 is 25.8 Å². The van der Waals surface area contributed by atoms with E-state index in [-0.39, 0.29) is 11.5 Å². The lowest BCUT2D eigenvalue weighted by atomic mass is 10.1. The van der Waals surface area contributed by atoms with Crippen molar-refractivity contribution < 1.29 is 24.4 Å². The zero-order chi connectivity index (χ0) is 12.1. The van der Waals surface area contributed by atoms with Crippen LogP contribution in [0.25, 0.3) is 0 Å². The summed E-state index contributed by atoms with van der Waals surface area (Å²) >= 11 is 0. The van der Waals surface area contributed by atoms with Crippen LogP contribution in [0, 0.1) is 0 Å². The molecule has 0 saturated heterocycles. The summed E-state index contributed by atoms with van der Waals surface area (Å²) in [4.78, 5) is 28.0. The maximum Gasteiger partial charge on any atom is 0.341 e. The van der Waals surface area contributed by atoms with Gasteiger partial charge in [0.05, 0.1) is 0 Å². The smallest absolute Gasteiger partial charge is 0.341 e. The monoisotopic (exact) mass is 241 g/mol. The molecule has 15 heavy (non-hydrogen) atoms. The maximum atomic E-state index is 10.9. The number of hydrogen-bond acceptors (Lipinski definition) is 5. The SMILES string of the molecule is NCCC[C@@H](C(N)=O)N(O)CP(=O)(O)O. The Bertz CT molecular complexity index is 255. The lowest BCUT2D eigenvalue weighted by molar-refractivity contribution is -0.148. The molecule has 0 radical (unpaired) electrons. The Hall–Kier alpha value is -0.500. The first kappa shape index (κ1) is 14.5. The molecule has 7 N–H and O–H groups in total. The van der Waals surface area contributed by atoms with Crippen LogP contribution in [-0.4, -0.2) is 44.8 Å². The first-order valence-corrected chi connectivity index (χ1v) is 6.07. The molecule has 0 spiro atoms. The number of primary amides is 1. The molecular formula is C6H16N3O5P. The summed E-state index contributed by atoms with van der Waals surface area (Å²) in [5.41, 5.74) is 10.2. The molecule has 0 heterocycles. The second kappa shape index (κ2) is 6.16. The van der Waals surface area contributed by atoms with Gasteiger partial charge in [-0.25, -0.2) is 0 Å². The normalized spacial score (nSPS) is 14.2. The van der Waals surface area contributed by atoms with Gasteiger partial charge in [0.2, 0.25) is 5.91 Å². The fourth-order valence-corrected chi connectivity index (χ4v) is 1.61. The van der Waals surface area contributed by atoms with Crippen molar-refractivity contribution in [2.75, 3.05) is 12.8 Å². The average molecular weight is 241 g/mol. The molecule has 0 aromatic rings. The number of hydrogen-bond donors (Lipinski definition) is 5. The highest BCUT2D eigenvalue weighted by Gasteiger charge is 2.27. The molecule has 0 fully saturated rings. The van der Waals surface area contributed by atoms with Gasteiger partial charge in [0.25, 0.3) is 0 Å². The van der Waals surface area contributed by atoms with Gasteiger partial charge in [0.1, 0.15) is 12.3 Å². The first-order valence-electron chi connectivity index (χ1n) is 4.27. The number of nitrogens with zero attached hydrogens (tertiary/aromatic N) is 1. The molecule has 0 bridgehead atoms. The van der Waals surface area contributed by atoms with Crippen LogP contribution in [0.4, 0.5) is 0 Å². The molecule has 8 nitrogen and oxygen atoms in total. The number of nitrogens with two attached hydrogens (primary N) is 2. The summed E-state index contributed by atoms with van der Waals surface area (Å²) in [6.45, 7) is 0.299. The van der Waals surface area contributed by atoms with Crippen molar-refractivity contribution in [1.82, 2.24) is 5.06 Å². The second-order valence-electron chi connectivity index (χ2n) is 3.09. The van der Waals surface area contributed by atoms with Crippen molar-refractivity contribution in [3.05, 3.63) is 0 Å². The predicted molar refractivity (Wildman–Crippen MR) is 51.8 cm³/mol. The number of carbonyl (C=O) groups excluding carboxylic acids is 1. The third-order valence-electron chi connectivity index (χ3n) is 1.70. The zero-order valence-electron chi connectivity index (χ0n) is 8.11. The fraction of sp³-hybridized carbons (Fsp3) is 0.833. The largest absolute Gasteiger partial charge is 0.368 e. The minimum Gasteiger partial charge on any atom is -0.368 e. The Labute approximate surface area is 87.0 Å². The van der Waals surface area contributed by atoms with Gasteiger partial charge in [-0.2, -0.15) is 5.06 Å². The predicted octanol–water partition coefficient (Wildman–Crippen LogP) is -1.59. The molecule has 0 aromatic heterocycles. The van der Waals surface area contributed by atoms with E-state index in [1.54, 1.807) is 0 Å². The quantitative estimate of drug-likeness (QED) is 0.266. The Morgan fingerprint density at radius 2 is 2.00 bits per heavy atom. The molecule has 0 aliphatic carbocycles. The Morgan fingerprint density at radius 1 is 1.47 bits per heavy atom. The molecule has 0 aromatic carbocycles. The van der Waals surface area contributed by atoms with Gasteiger partial charge in [-0.05, 0) is 19.4 Å². The van der Waals surface area contributed by atoms with E-state index in [4.69, 9.17) is 21.3 Å². The van der Waals surface area contributed by atoms with Crippen LogP contribution in [0.1, 0.15) is 12.8 Å². The van der Waals surface area contributed by atoms with Gasteiger partial charge >= 0.3 is 7.60 Å². The lowest BCUT2D eigenvalue weighted by Crippen LogP contribution is -2.43. The summed E-state index contributed by atoms with van der Waals surface area (Å²) in [5, 5.41) is 9.50. The summed E-state index contributed by atoms with van der Waals surface area (Å²) in [5.74, 6) is -0.848. The van der Waals surface area contributed by atoms with Crippen molar-refractivity contribution in [3.8, 4) is 0 Å². The first-order chi connectivity index (χ1) is 6.78. The number of amides is 1. The van der Waals surface area contributed by atoms with E-state index in [1.165, 1.54) is 0 Å². The van der Waals surface area contributed by atoms with Crippen LogP contribution >= 0.6 is 7.60 Å². The second-order valence-corrected chi connectivity index (χ2v) is 4.71. The van der Waals surface area contributed by atoms with Gasteiger partial charge in [0.15, 0.2) is 0 Å². The lowest BCUT2D eigenvalue weighted by Gasteiger charge is -2.23. The van der Waals surface area contributed by atoms with Crippen molar-refractivity contribution in [1.29, 1.82) is 0 Å². The third kappa shape index (κ3) is 6.56. The van der Waals surface area contributed by atoms with Crippen molar-refractivity contribution in [2.24, 2.45) is 11.5 Å². The molecule has 9 heteroatoms. The van der Waals surface area contributed by atoms with Crippen LogP contribution in [-0.2, 0) is 9.36 Å². The molecule has 0 aliphatic heterocycles. The summed E-state index contributed by atoms with van der Waals surface area (Å²) < 4.78 is 10.6. The molecule has 1 amide bonds. The van der Waals surface area contributed by atoms with E-state index in [0.717, 1.165) is 0 Å². The third-order valence-corrected chi connectivity index (χ3v) is 2.36. The van der Waals surface area contributed by atoms with Gasteiger partial charge in [-0.15, -0.1) is 0 Å². The minimum atomic E-state index is -4.41. The van der Waals surface area contributed by atoms with E-state index in [1.807, 2.05) is 0 Å². The number of rotatable bonds is 7. The van der Waals surface area contributed by atoms with Crippen LogP contribution in [0.15, 0.2) is 0 Å². The van der Waals surface area contributed by atoms with Crippen LogP contribution in [0.3, 0.4) is 0 Å². The van der Waals surface area contributed by atoms with Gasteiger partial charge in [-0.3, -0.25) is 9.36 Å². The summed E-state index contributed by atoms with van der Waals surface area (Å²) in [7, 11) is -4.41. The van der Waals surface area contributed by atoms with Crippen LogP contribution in [0.2, 0.25) is 0 Å².